The van der Waals surface area contributed by atoms with Crippen molar-refractivity contribution in [1.82, 2.24) is 10.2 Å². The van der Waals surface area contributed by atoms with Crippen molar-refractivity contribution in [2.75, 3.05) is 26.2 Å². The third-order valence-electron chi connectivity index (χ3n) is 2.81. The van der Waals surface area contributed by atoms with Crippen molar-refractivity contribution in [3.8, 4) is 0 Å². The number of hydrogen-bond acceptors (Lipinski definition) is 2. The van der Waals surface area contributed by atoms with E-state index in [2.05, 4.69) is 31.0 Å². The van der Waals surface area contributed by atoms with E-state index in [-0.39, 0.29) is 0 Å². The van der Waals surface area contributed by atoms with E-state index in [1.807, 2.05) is 0 Å². The van der Waals surface area contributed by atoms with Crippen LogP contribution in [0.15, 0.2) is 11.1 Å². The van der Waals surface area contributed by atoms with E-state index in [0.29, 0.717) is 12.0 Å². The Bertz CT molecular complexity index is 201. The molecule has 1 aliphatic rings. The van der Waals surface area contributed by atoms with Gasteiger partial charge in [0.05, 0.1) is 0 Å². The Morgan fingerprint density at radius 2 is 2.36 bits per heavy atom. The second-order valence-electron chi connectivity index (χ2n) is 4.44. The highest BCUT2D eigenvalue weighted by Gasteiger charge is 2.24. The van der Waals surface area contributed by atoms with Crippen LogP contribution in [0.2, 0.25) is 0 Å². The van der Waals surface area contributed by atoms with Crippen LogP contribution < -0.4 is 5.32 Å². The Hall–Kier alpha value is -0.0500. The number of nitrogens with one attached hydrogen (secondary N) is 1. The molecule has 0 aliphatic carbocycles. The predicted octanol–water partition coefficient (Wildman–Crippen LogP) is 2.06. The largest absolute Gasteiger partial charge is 0.314 e. The van der Waals surface area contributed by atoms with E-state index in [0.717, 1.165) is 26.2 Å². The van der Waals surface area contributed by atoms with Gasteiger partial charge in [-0.1, -0.05) is 25.4 Å². The van der Waals surface area contributed by atoms with Gasteiger partial charge in [0.15, 0.2) is 0 Å². The predicted molar refractivity (Wildman–Crippen MR) is 62.7 cm³/mol. The maximum Gasteiger partial charge on any atom is 0.0247 e. The minimum Gasteiger partial charge on any atom is -0.314 e. The molecule has 1 unspecified atom stereocenters. The van der Waals surface area contributed by atoms with Gasteiger partial charge >= 0.3 is 0 Å². The summed E-state index contributed by atoms with van der Waals surface area (Å²) in [6.45, 7) is 11.0. The highest BCUT2D eigenvalue weighted by molar-refractivity contribution is 6.25. The lowest BCUT2D eigenvalue weighted by Gasteiger charge is -2.38. The van der Waals surface area contributed by atoms with Crippen LogP contribution in [-0.2, 0) is 0 Å². The summed E-state index contributed by atoms with van der Waals surface area (Å²) in [5.74, 6) is 0.700. The first-order valence-corrected chi connectivity index (χ1v) is 5.79. The van der Waals surface area contributed by atoms with E-state index < -0.39 is 0 Å². The van der Waals surface area contributed by atoms with Gasteiger partial charge in [-0.15, -0.1) is 0 Å². The normalized spacial score (nSPS) is 25.8. The fourth-order valence-corrected chi connectivity index (χ4v) is 2.05. The lowest BCUT2D eigenvalue weighted by atomic mass is 10.00. The zero-order chi connectivity index (χ0) is 10.6. The zero-order valence-corrected chi connectivity index (χ0v) is 10.1. The lowest BCUT2D eigenvalue weighted by molar-refractivity contribution is 0.136. The maximum atomic E-state index is 5.69. The smallest absolute Gasteiger partial charge is 0.0247 e. The van der Waals surface area contributed by atoms with Crippen LogP contribution in [0.3, 0.4) is 0 Å². The Balaban J connectivity index is 2.54. The van der Waals surface area contributed by atoms with Gasteiger partial charge in [-0.3, -0.25) is 4.90 Å². The summed E-state index contributed by atoms with van der Waals surface area (Å²) < 4.78 is 0. The molecule has 0 aromatic heterocycles. The van der Waals surface area contributed by atoms with Crippen molar-refractivity contribution < 1.29 is 0 Å². The van der Waals surface area contributed by atoms with E-state index in [9.17, 15) is 0 Å². The van der Waals surface area contributed by atoms with Gasteiger partial charge in [-0.2, -0.15) is 0 Å². The minimum absolute atomic E-state index is 0.648. The van der Waals surface area contributed by atoms with Crippen molar-refractivity contribution in [3.05, 3.63) is 11.1 Å². The van der Waals surface area contributed by atoms with Crippen LogP contribution in [-0.4, -0.2) is 37.1 Å². The molecular weight excluding hydrogens is 196 g/mol. The van der Waals surface area contributed by atoms with Gasteiger partial charge < -0.3 is 5.32 Å². The third-order valence-corrected chi connectivity index (χ3v) is 3.18. The number of piperazine rings is 1. The fourth-order valence-electron chi connectivity index (χ4n) is 1.98. The molecule has 0 aromatic rings. The van der Waals surface area contributed by atoms with Gasteiger partial charge in [-0.05, 0) is 18.4 Å². The second-order valence-corrected chi connectivity index (χ2v) is 4.66. The summed E-state index contributed by atoms with van der Waals surface area (Å²) in [6.07, 6.45) is 0. The monoisotopic (exact) mass is 216 g/mol. The SMILES string of the molecule is C/C(=C\Cl)CN1CCNCC1C(C)C. The van der Waals surface area contributed by atoms with Gasteiger partial charge in [-0.25, -0.2) is 0 Å². The molecule has 1 fully saturated rings. The molecule has 1 rings (SSSR count). The average molecular weight is 217 g/mol. The molecule has 0 aromatic carbocycles. The third kappa shape index (κ3) is 3.26. The van der Waals surface area contributed by atoms with Crippen molar-refractivity contribution in [3.63, 3.8) is 0 Å². The van der Waals surface area contributed by atoms with Crippen LogP contribution in [0, 0.1) is 5.92 Å². The Kier molecular flexibility index (Phi) is 4.93. The summed E-state index contributed by atoms with van der Waals surface area (Å²) in [5, 5.41) is 3.44. The molecule has 0 amide bonds. The molecular formula is C11H21ClN2. The minimum atomic E-state index is 0.648. The molecule has 3 heteroatoms. The maximum absolute atomic E-state index is 5.69. The molecule has 0 spiro atoms. The summed E-state index contributed by atoms with van der Waals surface area (Å²) in [6, 6.07) is 0.648. The summed E-state index contributed by atoms with van der Waals surface area (Å²) in [7, 11) is 0. The molecule has 1 atom stereocenters. The average Bonchev–Trinajstić information content (AvgIpc) is 2.18. The standard InChI is InChI=1S/C11H21ClN2/c1-9(2)11-7-13-4-5-14(11)8-10(3)6-12/h6,9,11,13H,4-5,7-8H2,1-3H3/b10-6+. The van der Waals surface area contributed by atoms with Crippen molar-refractivity contribution >= 4 is 11.6 Å². The van der Waals surface area contributed by atoms with Crippen molar-refractivity contribution in [1.29, 1.82) is 0 Å². The Morgan fingerprint density at radius 1 is 1.64 bits per heavy atom. The molecule has 0 radical (unpaired) electrons. The molecule has 1 aliphatic heterocycles. The first-order valence-electron chi connectivity index (χ1n) is 5.35. The number of halogens is 1. The van der Waals surface area contributed by atoms with Crippen LogP contribution in [0.25, 0.3) is 0 Å². The Labute approximate surface area is 92.3 Å². The van der Waals surface area contributed by atoms with E-state index >= 15 is 0 Å². The second kappa shape index (κ2) is 5.74. The van der Waals surface area contributed by atoms with Gasteiger partial charge in [0.1, 0.15) is 0 Å². The van der Waals surface area contributed by atoms with E-state index in [1.165, 1.54) is 5.57 Å². The Morgan fingerprint density at radius 3 is 2.93 bits per heavy atom. The van der Waals surface area contributed by atoms with Crippen LogP contribution >= 0.6 is 11.6 Å². The van der Waals surface area contributed by atoms with Crippen LogP contribution in [0.4, 0.5) is 0 Å². The molecule has 82 valence electrons. The highest BCUT2D eigenvalue weighted by Crippen LogP contribution is 2.14. The summed E-state index contributed by atoms with van der Waals surface area (Å²) in [5.41, 5.74) is 2.94. The van der Waals surface area contributed by atoms with Gasteiger partial charge in [0.2, 0.25) is 0 Å². The number of nitrogens with zero attached hydrogens (tertiary/aromatic N) is 1. The topological polar surface area (TPSA) is 15.3 Å². The number of hydrogen-bond donors (Lipinski definition) is 1. The molecule has 1 N–H and O–H groups in total. The van der Waals surface area contributed by atoms with Gasteiger partial charge in [0, 0.05) is 37.8 Å². The quantitative estimate of drug-likeness (QED) is 0.777. The van der Waals surface area contributed by atoms with Crippen LogP contribution in [0.1, 0.15) is 20.8 Å². The van der Waals surface area contributed by atoms with E-state index in [1.54, 1.807) is 5.54 Å². The molecule has 1 saturated heterocycles. The summed E-state index contributed by atoms with van der Waals surface area (Å²) >= 11 is 5.69. The van der Waals surface area contributed by atoms with Crippen LogP contribution in [0.5, 0.6) is 0 Å². The first kappa shape index (κ1) is 12.0. The molecule has 0 bridgehead atoms. The number of rotatable bonds is 3. The van der Waals surface area contributed by atoms with Gasteiger partial charge in [0.25, 0.3) is 0 Å². The molecule has 1 heterocycles. The summed E-state index contributed by atoms with van der Waals surface area (Å²) in [4.78, 5) is 2.52. The van der Waals surface area contributed by atoms with Crippen molar-refractivity contribution in [2.45, 2.75) is 26.8 Å². The lowest BCUT2D eigenvalue weighted by Crippen LogP contribution is -2.53. The molecule has 14 heavy (non-hydrogen) atoms. The fraction of sp³-hybridized carbons (Fsp3) is 0.818. The molecule has 0 saturated carbocycles. The highest BCUT2D eigenvalue weighted by atomic mass is 35.5. The van der Waals surface area contributed by atoms with E-state index in [4.69, 9.17) is 11.6 Å². The first-order chi connectivity index (χ1) is 6.65. The molecule has 2 nitrogen and oxygen atoms in total. The van der Waals surface area contributed by atoms with Crippen molar-refractivity contribution in [2.24, 2.45) is 5.92 Å². The zero-order valence-electron chi connectivity index (χ0n) is 9.39.